The molecule has 0 aliphatic rings. The van der Waals surface area contributed by atoms with Crippen molar-refractivity contribution in [2.75, 3.05) is 11.1 Å². The zero-order valence-electron chi connectivity index (χ0n) is 13.9. The minimum absolute atomic E-state index is 0.143. The van der Waals surface area contributed by atoms with Crippen molar-refractivity contribution in [2.24, 2.45) is 0 Å². The van der Waals surface area contributed by atoms with Crippen molar-refractivity contribution < 1.29 is 4.79 Å². The van der Waals surface area contributed by atoms with Crippen LogP contribution in [0.3, 0.4) is 0 Å². The van der Waals surface area contributed by atoms with Crippen LogP contribution in [0.25, 0.3) is 5.69 Å². The van der Waals surface area contributed by atoms with Gasteiger partial charge in [-0.1, -0.05) is 47.6 Å². The van der Waals surface area contributed by atoms with Crippen molar-refractivity contribution in [2.45, 2.75) is 19.0 Å². The summed E-state index contributed by atoms with van der Waals surface area (Å²) in [5.74, 6) is 0.0736. The van der Waals surface area contributed by atoms with Crippen LogP contribution >= 0.6 is 23.4 Å². The molecule has 0 saturated carbocycles. The first-order valence-corrected chi connectivity index (χ1v) is 9.06. The first kappa shape index (κ1) is 17.5. The van der Waals surface area contributed by atoms with Crippen LogP contribution in [0.15, 0.2) is 53.9 Å². The number of hydrogen-bond donors (Lipinski definition) is 1. The Labute approximate surface area is 155 Å². The molecule has 3 aromatic rings. The normalized spacial score (nSPS) is 10.7. The van der Waals surface area contributed by atoms with Gasteiger partial charge in [-0.3, -0.25) is 9.36 Å². The van der Waals surface area contributed by atoms with Crippen LogP contribution in [0.5, 0.6) is 0 Å². The van der Waals surface area contributed by atoms with Crippen LogP contribution in [0.2, 0.25) is 5.02 Å². The minimum atomic E-state index is -0.143. The molecule has 1 N–H and O–H groups in total. The molecule has 128 valence electrons. The summed E-state index contributed by atoms with van der Waals surface area (Å²) in [6.07, 6.45) is 1.65. The molecule has 0 spiro atoms. The predicted molar refractivity (Wildman–Crippen MR) is 102 cm³/mol. The molecule has 0 unspecified atom stereocenters. The molecule has 0 radical (unpaired) electrons. The van der Waals surface area contributed by atoms with Crippen molar-refractivity contribution >= 4 is 35.0 Å². The number of benzene rings is 2. The third-order valence-corrected chi connectivity index (χ3v) is 4.88. The highest BCUT2D eigenvalue weighted by Crippen LogP contribution is 2.24. The van der Waals surface area contributed by atoms with Crippen molar-refractivity contribution in [3.05, 3.63) is 64.9 Å². The number of para-hydroxylation sites is 1. The van der Waals surface area contributed by atoms with Crippen LogP contribution < -0.4 is 5.32 Å². The van der Waals surface area contributed by atoms with Gasteiger partial charge in [-0.05, 0) is 43.2 Å². The highest BCUT2D eigenvalue weighted by atomic mass is 35.5. The summed E-state index contributed by atoms with van der Waals surface area (Å²) >= 11 is 7.48. The van der Waals surface area contributed by atoms with Gasteiger partial charge in [0.1, 0.15) is 6.33 Å². The van der Waals surface area contributed by atoms with Crippen LogP contribution in [0, 0.1) is 13.8 Å². The third-order valence-electron chi connectivity index (χ3n) is 3.62. The fourth-order valence-electron chi connectivity index (χ4n) is 2.36. The molecule has 25 heavy (non-hydrogen) atoms. The van der Waals surface area contributed by atoms with Gasteiger partial charge in [0, 0.05) is 0 Å². The van der Waals surface area contributed by atoms with Gasteiger partial charge in [0.25, 0.3) is 0 Å². The van der Waals surface area contributed by atoms with E-state index in [4.69, 9.17) is 11.6 Å². The van der Waals surface area contributed by atoms with Gasteiger partial charge in [-0.25, -0.2) is 0 Å². The molecule has 7 heteroatoms. The average molecular weight is 373 g/mol. The van der Waals surface area contributed by atoms with Gasteiger partial charge >= 0.3 is 0 Å². The number of aryl methyl sites for hydroxylation is 2. The molecule has 1 amide bonds. The lowest BCUT2D eigenvalue weighted by Gasteiger charge is -2.10. The Morgan fingerprint density at radius 2 is 2.04 bits per heavy atom. The van der Waals surface area contributed by atoms with Crippen molar-refractivity contribution in [1.29, 1.82) is 0 Å². The highest BCUT2D eigenvalue weighted by molar-refractivity contribution is 7.99. The molecular weight excluding hydrogens is 356 g/mol. The maximum Gasteiger partial charge on any atom is 0.234 e. The maximum absolute atomic E-state index is 12.2. The topological polar surface area (TPSA) is 59.8 Å². The zero-order valence-corrected chi connectivity index (χ0v) is 15.4. The number of amides is 1. The van der Waals surface area contributed by atoms with E-state index in [1.54, 1.807) is 12.4 Å². The molecule has 5 nitrogen and oxygen atoms in total. The van der Waals surface area contributed by atoms with Crippen LogP contribution in [0.4, 0.5) is 5.69 Å². The Morgan fingerprint density at radius 1 is 1.24 bits per heavy atom. The number of carbonyl (C=O) groups excluding carboxylic acids is 1. The number of aromatic nitrogens is 3. The van der Waals surface area contributed by atoms with E-state index < -0.39 is 0 Å². The number of carbonyl (C=O) groups is 1. The Bertz CT molecular complexity index is 910. The second-order valence-corrected chi connectivity index (χ2v) is 6.94. The van der Waals surface area contributed by atoms with E-state index in [9.17, 15) is 4.79 Å². The first-order chi connectivity index (χ1) is 12.0. The summed E-state index contributed by atoms with van der Waals surface area (Å²) in [6, 6.07) is 13.5. The lowest BCUT2D eigenvalue weighted by molar-refractivity contribution is -0.113. The molecule has 3 rings (SSSR count). The third kappa shape index (κ3) is 4.21. The number of thioether (sulfide) groups is 1. The Hall–Kier alpha value is -2.31. The van der Waals surface area contributed by atoms with Gasteiger partial charge in [0.2, 0.25) is 5.91 Å². The molecule has 1 heterocycles. The van der Waals surface area contributed by atoms with Crippen molar-refractivity contribution in [3.63, 3.8) is 0 Å². The zero-order chi connectivity index (χ0) is 17.8. The van der Waals surface area contributed by atoms with Crippen LogP contribution in [-0.2, 0) is 4.79 Å². The monoisotopic (exact) mass is 372 g/mol. The number of halogens is 1. The molecule has 0 atom stereocenters. The van der Waals surface area contributed by atoms with Gasteiger partial charge in [-0.15, -0.1) is 10.2 Å². The quantitative estimate of drug-likeness (QED) is 0.679. The second-order valence-electron chi connectivity index (χ2n) is 5.59. The van der Waals surface area contributed by atoms with E-state index in [-0.39, 0.29) is 11.7 Å². The largest absolute Gasteiger partial charge is 0.324 e. The van der Waals surface area contributed by atoms with Crippen molar-refractivity contribution in [3.8, 4) is 5.69 Å². The molecule has 0 aliphatic carbocycles. The second kappa shape index (κ2) is 7.72. The van der Waals surface area contributed by atoms with E-state index in [0.29, 0.717) is 15.9 Å². The Kier molecular flexibility index (Phi) is 5.40. The Morgan fingerprint density at radius 3 is 2.80 bits per heavy atom. The summed E-state index contributed by atoms with van der Waals surface area (Å²) in [4.78, 5) is 12.2. The number of nitrogens with one attached hydrogen (secondary N) is 1. The molecule has 0 saturated heterocycles. The van der Waals surface area contributed by atoms with E-state index >= 15 is 0 Å². The maximum atomic E-state index is 12.2. The van der Waals surface area contributed by atoms with Crippen LogP contribution in [0.1, 0.15) is 11.1 Å². The fourth-order valence-corrected chi connectivity index (χ4v) is 3.36. The standard InChI is InChI=1S/C18H17ClN4OS/c1-12-7-8-15(14(19)9-12)21-17(24)10-25-18-22-20-11-23(18)16-6-4-3-5-13(16)2/h3-9,11H,10H2,1-2H3,(H,21,24). The van der Waals surface area contributed by atoms with E-state index in [0.717, 1.165) is 16.8 Å². The van der Waals surface area contributed by atoms with Gasteiger partial charge in [0.15, 0.2) is 5.16 Å². The van der Waals surface area contributed by atoms with E-state index in [1.165, 1.54) is 11.8 Å². The number of hydrogen-bond acceptors (Lipinski definition) is 4. The Balaban J connectivity index is 1.67. The van der Waals surface area contributed by atoms with E-state index in [2.05, 4.69) is 15.5 Å². The summed E-state index contributed by atoms with van der Waals surface area (Å²) in [6.45, 7) is 3.97. The molecule has 0 aliphatic heterocycles. The highest BCUT2D eigenvalue weighted by Gasteiger charge is 2.12. The first-order valence-electron chi connectivity index (χ1n) is 7.69. The summed E-state index contributed by atoms with van der Waals surface area (Å²) in [5.41, 5.74) is 3.76. The van der Waals surface area contributed by atoms with Gasteiger partial charge < -0.3 is 5.32 Å². The van der Waals surface area contributed by atoms with E-state index in [1.807, 2.05) is 54.8 Å². The molecule has 1 aromatic heterocycles. The summed E-state index contributed by atoms with van der Waals surface area (Å²) < 4.78 is 1.88. The average Bonchev–Trinajstić information content (AvgIpc) is 3.04. The smallest absolute Gasteiger partial charge is 0.234 e. The number of rotatable bonds is 5. The van der Waals surface area contributed by atoms with Gasteiger partial charge in [0.05, 0.1) is 22.2 Å². The molecule has 0 fully saturated rings. The summed E-state index contributed by atoms with van der Waals surface area (Å²) in [7, 11) is 0. The fraction of sp³-hybridized carbons (Fsp3) is 0.167. The number of anilines is 1. The molecule has 2 aromatic carbocycles. The molecule has 0 bridgehead atoms. The van der Waals surface area contributed by atoms with Gasteiger partial charge in [-0.2, -0.15) is 0 Å². The SMILES string of the molecule is Cc1ccc(NC(=O)CSc2nncn2-c2ccccc2C)c(Cl)c1. The lowest BCUT2D eigenvalue weighted by Crippen LogP contribution is -2.15. The van der Waals surface area contributed by atoms with Crippen LogP contribution in [-0.4, -0.2) is 26.4 Å². The lowest BCUT2D eigenvalue weighted by atomic mass is 10.2. The number of nitrogens with zero attached hydrogens (tertiary/aromatic N) is 3. The predicted octanol–water partition coefficient (Wildman–Crippen LogP) is 4.27. The summed E-state index contributed by atoms with van der Waals surface area (Å²) in [5, 5.41) is 12.1. The van der Waals surface area contributed by atoms with Crippen molar-refractivity contribution in [1.82, 2.24) is 14.8 Å². The minimum Gasteiger partial charge on any atom is -0.324 e. The molecular formula is C18H17ClN4OS.